The van der Waals surface area contributed by atoms with E-state index in [4.69, 9.17) is 11.6 Å². The summed E-state index contributed by atoms with van der Waals surface area (Å²) >= 11 is 5.69. The van der Waals surface area contributed by atoms with Gasteiger partial charge in [0.25, 0.3) is 0 Å². The highest BCUT2D eigenvalue weighted by atomic mass is 35.5. The normalized spacial score (nSPS) is 10.2. The molecule has 98 valence electrons. The van der Waals surface area contributed by atoms with Crippen molar-refractivity contribution in [2.24, 2.45) is 0 Å². The first kappa shape index (κ1) is 13.5. The summed E-state index contributed by atoms with van der Waals surface area (Å²) in [5, 5.41) is 2.94. The van der Waals surface area contributed by atoms with Crippen LogP contribution in [-0.2, 0) is 11.2 Å². The zero-order valence-corrected chi connectivity index (χ0v) is 11.1. The third kappa shape index (κ3) is 4.67. The maximum absolute atomic E-state index is 11.7. The van der Waals surface area contributed by atoms with E-state index >= 15 is 0 Å². The number of hydrogen-bond acceptors (Lipinski definition) is 3. The first-order valence-electron chi connectivity index (χ1n) is 6.05. The van der Waals surface area contributed by atoms with Gasteiger partial charge in [-0.25, -0.2) is 4.98 Å². The van der Waals surface area contributed by atoms with Crippen LogP contribution >= 0.6 is 11.6 Å². The van der Waals surface area contributed by atoms with E-state index in [0.29, 0.717) is 12.2 Å². The molecule has 2 aromatic rings. The molecule has 0 radical (unpaired) electrons. The van der Waals surface area contributed by atoms with Crippen LogP contribution in [0.4, 0.5) is 5.82 Å². The SMILES string of the molecule is O=C(CCCc1ccccc1)Nc1cncc(Cl)n1. The minimum absolute atomic E-state index is 0.0764. The number of nitrogens with one attached hydrogen (secondary N) is 1. The van der Waals surface area contributed by atoms with Gasteiger partial charge in [0, 0.05) is 6.42 Å². The van der Waals surface area contributed by atoms with Gasteiger partial charge in [0.1, 0.15) is 5.15 Å². The van der Waals surface area contributed by atoms with Gasteiger partial charge < -0.3 is 5.32 Å². The fraction of sp³-hybridized carbons (Fsp3) is 0.214. The van der Waals surface area contributed by atoms with Crippen LogP contribution in [0.3, 0.4) is 0 Å². The van der Waals surface area contributed by atoms with Crippen LogP contribution in [0.1, 0.15) is 18.4 Å². The van der Waals surface area contributed by atoms with E-state index in [0.717, 1.165) is 12.8 Å². The summed E-state index contributed by atoms with van der Waals surface area (Å²) in [6, 6.07) is 10.1. The number of halogens is 1. The zero-order chi connectivity index (χ0) is 13.5. The van der Waals surface area contributed by atoms with Crippen molar-refractivity contribution in [1.82, 2.24) is 9.97 Å². The number of amides is 1. The average Bonchev–Trinajstić information content (AvgIpc) is 2.40. The molecule has 0 unspecified atom stereocenters. The second-order valence-corrected chi connectivity index (χ2v) is 4.50. The van der Waals surface area contributed by atoms with Crippen LogP contribution in [0.15, 0.2) is 42.7 Å². The van der Waals surface area contributed by atoms with E-state index in [1.807, 2.05) is 18.2 Å². The second-order valence-electron chi connectivity index (χ2n) is 4.11. The number of hydrogen-bond donors (Lipinski definition) is 1. The number of aromatic nitrogens is 2. The highest BCUT2D eigenvalue weighted by Crippen LogP contribution is 2.09. The lowest BCUT2D eigenvalue weighted by atomic mass is 10.1. The predicted molar refractivity (Wildman–Crippen MR) is 75.1 cm³/mol. The standard InChI is InChI=1S/C14H14ClN3O/c15-12-9-16-10-13(17-12)18-14(19)8-4-7-11-5-2-1-3-6-11/h1-3,5-6,9-10H,4,7-8H2,(H,17,18,19). The molecule has 2 rings (SSSR count). The lowest BCUT2D eigenvalue weighted by molar-refractivity contribution is -0.116. The van der Waals surface area contributed by atoms with Gasteiger partial charge in [-0.2, -0.15) is 0 Å². The number of anilines is 1. The van der Waals surface area contributed by atoms with Crippen molar-refractivity contribution in [3.63, 3.8) is 0 Å². The minimum atomic E-state index is -0.0764. The molecule has 0 aliphatic heterocycles. The van der Waals surface area contributed by atoms with Crippen LogP contribution in [0, 0.1) is 0 Å². The molecule has 1 heterocycles. The summed E-state index contributed by atoms with van der Waals surface area (Å²) in [6.45, 7) is 0. The fourth-order valence-corrected chi connectivity index (χ4v) is 1.85. The first-order chi connectivity index (χ1) is 9.24. The molecule has 0 atom stereocenters. The van der Waals surface area contributed by atoms with E-state index in [1.54, 1.807) is 0 Å². The molecule has 19 heavy (non-hydrogen) atoms. The van der Waals surface area contributed by atoms with Crippen LogP contribution < -0.4 is 5.32 Å². The van der Waals surface area contributed by atoms with Gasteiger partial charge in [-0.1, -0.05) is 41.9 Å². The molecule has 1 amide bonds. The largest absolute Gasteiger partial charge is 0.309 e. The number of rotatable bonds is 5. The first-order valence-corrected chi connectivity index (χ1v) is 6.43. The smallest absolute Gasteiger partial charge is 0.225 e. The van der Waals surface area contributed by atoms with E-state index in [1.165, 1.54) is 18.0 Å². The number of nitrogens with zero attached hydrogens (tertiary/aromatic N) is 2. The van der Waals surface area contributed by atoms with Crippen molar-refractivity contribution in [1.29, 1.82) is 0 Å². The Labute approximate surface area is 116 Å². The summed E-state index contributed by atoms with van der Waals surface area (Å²) in [7, 11) is 0. The van der Waals surface area contributed by atoms with E-state index in [2.05, 4.69) is 27.4 Å². The van der Waals surface area contributed by atoms with Crippen LogP contribution in [-0.4, -0.2) is 15.9 Å². The van der Waals surface area contributed by atoms with Crippen LogP contribution in [0.25, 0.3) is 0 Å². The molecule has 0 aliphatic rings. The average molecular weight is 276 g/mol. The molecule has 0 saturated heterocycles. The van der Waals surface area contributed by atoms with Gasteiger partial charge in [0.2, 0.25) is 5.91 Å². The van der Waals surface area contributed by atoms with Crippen molar-refractivity contribution >= 4 is 23.3 Å². The second kappa shape index (κ2) is 6.85. The Hall–Kier alpha value is -1.94. The molecule has 0 spiro atoms. The van der Waals surface area contributed by atoms with E-state index in [-0.39, 0.29) is 11.1 Å². The number of aryl methyl sites for hydroxylation is 1. The highest BCUT2D eigenvalue weighted by Gasteiger charge is 2.04. The van der Waals surface area contributed by atoms with Crippen molar-refractivity contribution in [3.8, 4) is 0 Å². The van der Waals surface area contributed by atoms with Gasteiger partial charge in [0.05, 0.1) is 12.4 Å². The molecule has 0 fully saturated rings. The summed E-state index contributed by atoms with van der Waals surface area (Å²) in [5.41, 5.74) is 1.23. The molecular weight excluding hydrogens is 262 g/mol. The third-order valence-electron chi connectivity index (χ3n) is 2.58. The molecule has 4 nitrogen and oxygen atoms in total. The quantitative estimate of drug-likeness (QED) is 0.912. The summed E-state index contributed by atoms with van der Waals surface area (Å²) in [5.74, 6) is 0.310. The molecule has 0 bridgehead atoms. The summed E-state index contributed by atoms with van der Waals surface area (Å²) < 4.78 is 0. The van der Waals surface area contributed by atoms with Gasteiger partial charge >= 0.3 is 0 Å². The monoisotopic (exact) mass is 275 g/mol. The molecule has 0 saturated carbocycles. The lowest BCUT2D eigenvalue weighted by Gasteiger charge is -2.04. The number of carbonyl (C=O) groups is 1. The van der Waals surface area contributed by atoms with Gasteiger partial charge in [0.15, 0.2) is 5.82 Å². The minimum Gasteiger partial charge on any atom is -0.309 e. The van der Waals surface area contributed by atoms with Crippen molar-refractivity contribution in [2.75, 3.05) is 5.32 Å². The lowest BCUT2D eigenvalue weighted by Crippen LogP contribution is -2.12. The zero-order valence-electron chi connectivity index (χ0n) is 10.3. The number of benzene rings is 1. The fourth-order valence-electron chi connectivity index (χ4n) is 1.71. The summed E-state index contributed by atoms with van der Waals surface area (Å²) in [6.07, 6.45) is 5.02. The molecule has 1 aromatic heterocycles. The summed E-state index contributed by atoms with van der Waals surface area (Å²) in [4.78, 5) is 19.5. The Morgan fingerprint density at radius 2 is 2.00 bits per heavy atom. The Balaban J connectivity index is 1.76. The maximum Gasteiger partial charge on any atom is 0.225 e. The van der Waals surface area contributed by atoms with Gasteiger partial charge in [-0.3, -0.25) is 9.78 Å². The van der Waals surface area contributed by atoms with Crippen molar-refractivity contribution in [3.05, 3.63) is 53.4 Å². The van der Waals surface area contributed by atoms with Gasteiger partial charge in [-0.15, -0.1) is 0 Å². The molecular formula is C14H14ClN3O. The Morgan fingerprint density at radius 1 is 1.21 bits per heavy atom. The van der Waals surface area contributed by atoms with E-state index < -0.39 is 0 Å². The number of carbonyl (C=O) groups excluding carboxylic acids is 1. The van der Waals surface area contributed by atoms with Crippen molar-refractivity contribution < 1.29 is 4.79 Å². The molecule has 5 heteroatoms. The predicted octanol–water partition coefficient (Wildman–Crippen LogP) is 3.09. The highest BCUT2D eigenvalue weighted by molar-refractivity contribution is 6.29. The van der Waals surface area contributed by atoms with Crippen LogP contribution in [0.2, 0.25) is 5.15 Å². The third-order valence-corrected chi connectivity index (χ3v) is 2.77. The van der Waals surface area contributed by atoms with E-state index in [9.17, 15) is 4.79 Å². The van der Waals surface area contributed by atoms with Gasteiger partial charge in [-0.05, 0) is 18.4 Å². The van der Waals surface area contributed by atoms with Crippen molar-refractivity contribution in [2.45, 2.75) is 19.3 Å². The molecule has 0 aliphatic carbocycles. The maximum atomic E-state index is 11.7. The Kier molecular flexibility index (Phi) is 4.86. The Bertz CT molecular complexity index is 545. The molecule has 1 N–H and O–H groups in total. The topological polar surface area (TPSA) is 54.9 Å². The Morgan fingerprint density at radius 3 is 2.74 bits per heavy atom. The molecule has 1 aromatic carbocycles. The van der Waals surface area contributed by atoms with Crippen LogP contribution in [0.5, 0.6) is 0 Å².